The Hall–Kier alpha value is -4.12. The molecule has 0 bridgehead atoms. The van der Waals surface area contributed by atoms with Crippen LogP contribution in [0.15, 0.2) is 63.6 Å². The Labute approximate surface area is 214 Å². The molecular weight excluding hydrogens is 499 g/mol. The molecule has 1 fully saturated rings. The molecule has 11 heteroatoms. The van der Waals surface area contributed by atoms with Gasteiger partial charge in [-0.3, -0.25) is 14.2 Å². The van der Waals surface area contributed by atoms with Crippen LogP contribution in [0.1, 0.15) is 51.8 Å². The summed E-state index contributed by atoms with van der Waals surface area (Å²) in [4.78, 5) is 56.4. The molecule has 1 amide bonds. The van der Waals surface area contributed by atoms with E-state index in [9.17, 15) is 23.6 Å². The van der Waals surface area contributed by atoms with Crippen molar-refractivity contribution in [1.29, 1.82) is 0 Å². The van der Waals surface area contributed by atoms with Crippen molar-refractivity contribution in [2.45, 2.75) is 37.8 Å². The highest BCUT2D eigenvalue weighted by atomic mass is 32.1. The van der Waals surface area contributed by atoms with E-state index in [4.69, 9.17) is 4.74 Å². The Morgan fingerprint density at radius 1 is 1.11 bits per heavy atom. The number of methoxy groups -OCH3 is 1. The normalized spacial score (nSPS) is 17.5. The molecule has 4 aromatic rings. The minimum atomic E-state index is -0.704. The van der Waals surface area contributed by atoms with Gasteiger partial charge in [-0.25, -0.2) is 23.5 Å². The predicted molar refractivity (Wildman–Crippen MR) is 136 cm³/mol. The number of nitrogens with one attached hydrogen (secondary N) is 1. The maximum absolute atomic E-state index is 14.1. The summed E-state index contributed by atoms with van der Waals surface area (Å²) < 4.78 is 21.3. The molecule has 0 aliphatic heterocycles. The smallest absolute Gasteiger partial charge is 0.337 e. The number of carbonyl (C=O) groups is 2. The van der Waals surface area contributed by atoms with Gasteiger partial charge in [0.15, 0.2) is 5.65 Å². The number of rotatable bonds is 5. The highest BCUT2D eigenvalue weighted by molar-refractivity contribution is 7.12. The van der Waals surface area contributed by atoms with Gasteiger partial charge in [0, 0.05) is 12.1 Å². The summed E-state index contributed by atoms with van der Waals surface area (Å²) in [6.45, 7) is 0. The van der Waals surface area contributed by atoms with E-state index in [1.54, 1.807) is 18.2 Å². The zero-order valence-corrected chi connectivity index (χ0v) is 20.7. The van der Waals surface area contributed by atoms with Crippen molar-refractivity contribution in [2.75, 3.05) is 7.11 Å². The van der Waals surface area contributed by atoms with Crippen molar-refractivity contribution in [3.63, 3.8) is 0 Å². The number of nitrogens with zero attached hydrogens (tertiary/aromatic N) is 3. The third kappa shape index (κ3) is 4.69. The molecule has 1 aromatic carbocycles. The Morgan fingerprint density at radius 2 is 1.89 bits per heavy atom. The van der Waals surface area contributed by atoms with Crippen LogP contribution in [0, 0.1) is 5.82 Å². The first-order valence-electron chi connectivity index (χ1n) is 11.7. The molecule has 0 saturated heterocycles. The monoisotopic (exact) mass is 522 g/mol. The SMILES string of the molecule is COC(=O)c1cccc(-n2c(=O)n([C@H]3CC[C@@H](NC(=O)c4cccs4)CC3)c(=O)c3cc(F)cnc32)c1. The molecule has 3 aromatic heterocycles. The number of benzene rings is 1. The number of halogens is 1. The number of amides is 1. The van der Waals surface area contributed by atoms with Gasteiger partial charge in [0.05, 0.1) is 34.8 Å². The lowest BCUT2D eigenvalue weighted by Gasteiger charge is -2.30. The van der Waals surface area contributed by atoms with E-state index in [0.29, 0.717) is 36.2 Å². The topological polar surface area (TPSA) is 112 Å². The van der Waals surface area contributed by atoms with E-state index in [-0.39, 0.29) is 28.5 Å². The third-order valence-corrected chi connectivity index (χ3v) is 7.43. The van der Waals surface area contributed by atoms with Gasteiger partial charge in [-0.2, -0.15) is 0 Å². The number of pyridine rings is 1. The molecule has 190 valence electrons. The van der Waals surface area contributed by atoms with E-state index in [0.717, 1.165) is 16.8 Å². The van der Waals surface area contributed by atoms with Crippen molar-refractivity contribution < 1.29 is 18.7 Å². The molecule has 5 rings (SSSR count). The lowest BCUT2D eigenvalue weighted by atomic mass is 9.91. The summed E-state index contributed by atoms with van der Waals surface area (Å²) in [7, 11) is 1.25. The predicted octanol–water partition coefficient (Wildman–Crippen LogP) is 3.45. The fourth-order valence-electron chi connectivity index (χ4n) is 4.77. The number of esters is 1. The quantitative estimate of drug-likeness (QED) is 0.402. The maximum Gasteiger partial charge on any atom is 0.337 e. The molecule has 0 spiro atoms. The second-order valence-electron chi connectivity index (χ2n) is 8.82. The molecule has 3 heterocycles. The zero-order valence-electron chi connectivity index (χ0n) is 19.8. The maximum atomic E-state index is 14.1. The van der Waals surface area contributed by atoms with Crippen LogP contribution in [0.4, 0.5) is 4.39 Å². The van der Waals surface area contributed by atoms with Crippen LogP contribution in [0.25, 0.3) is 16.7 Å². The lowest BCUT2D eigenvalue weighted by molar-refractivity contribution is 0.0600. The second kappa shape index (κ2) is 10.1. The molecule has 1 N–H and O–H groups in total. The minimum Gasteiger partial charge on any atom is -0.465 e. The average molecular weight is 523 g/mol. The Morgan fingerprint density at radius 3 is 2.59 bits per heavy atom. The summed E-state index contributed by atoms with van der Waals surface area (Å²) in [5.41, 5.74) is -0.765. The third-order valence-electron chi connectivity index (χ3n) is 6.56. The summed E-state index contributed by atoms with van der Waals surface area (Å²) in [6.07, 6.45) is 3.03. The standard InChI is InChI=1S/C26H23FN4O5S/c1-36-25(34)15-4-2-5-19(12-15)30-22-20(13-16(27)14-28-22)24(33)31(26(30)35)18-9-7-17(8-10-18)29-23(32)21-6-3-11-37-21/h2-6,11-14,17-18H,7-10H2,1H3,(H,29,32)/t17-,18+. The molecule has 1 aliphatic carbocycles. The summed E-state index contributed by atoms with van der Waals surface area (Å²) in [6, 6.07) is 10.3. The van der Waals surface area contributed by atoms with E-state index >= 15 is 0 Å². The number of carbonyl (C=O) groups excluding carboxylic acids is 2. The Balaban J connectivity index is 1.53. The number of hydrogen-bond acceptors (Lipinski definition) is 7. The van der Waals surface area contributed by atoms with Gasteiger partial charge in [0.25, 0.3) is 11.5 Å². The Bertz CT molecular complexity index is 1600. The average Bonchev–Trinajstić information content (AvgIpc) is 3.45. The number of ether oxygens (including phenoxy) is 1. The van der Waals surface area contributed by atoms with E-state index < -0.39 is 29.1 Å². The van der Waals surface area contributed by atoms with Crippen LogP contribution < -0.4 is 16.6 Å². The van der Waals surface area contributed by atoms with Gasteiger partial charge >= 0.3 is 11.7 Å². The van der Waals surface area contributed by atoms with Crippen LogP contribution >= 0.6 is 11.3 Å². The van der Waals surface area contributed by atoms with Gasteiger partial charge < -0.3 is 10.1 Å². The molecule has 9 nitrogen and oxygen atoms in total. The fraction of sp³-hybridized carbons (Fsp3) is 0.269. The van der Waals surface area contributed by atoms with Crippen molar-refractivity contribution in [3.8, 4) is 5.69 Å². The van der Waals surface area contributed by atoms with Crippen LogP contribution in [-0.4, -0.2) is 39.1 Å². The number of hydrogen-bond donors (Lipinski definition) is 1. The largest absolute Gasteiger partial charge is 0.465 e. The fourth-order valence-corrected chi connectivity index (χ4v) is 5.40. The first-order chi connectivity index (χ1) is 17.9. The molecular formula is C26H23FN4O5S. The van der Waals surface area contributed by atoms with Crippen LogP contribution in [0.3, 0.4) is 0 Å². The van der Waals surface area contributed by atoms with E-state index in [1.807, 2.05) is 11.4 Å². The van der Waals surface area contributed by atoms with Gasteiger partial charge in [-0.15, -0.1) is 11.3 Å². The lowest BCUT2D eigenvalue weighted by Crippen LogP contribution is -2.45. The van der Waals surface area contributed by atoms with Gasteiger partial charge in [0.1, 0.15) is 5.82 Å². The Kier molecular flexibility index (Phi) is 6.70. The summed E-state index contributed by atoms with van der Waals surface area (Å²) in [5, 5.41) is 4.81. The highest BCUT2D eigenvalue weighted by Gasteiger charge is 2.28. The van der Waals surface area contributed by atoms with Crippen LogP contribution in [0.5, 0.6) is 0 Å². The second-order valence-corrected chi connectivity index (χ2v) is 9.76. The minimum absolute atomic E-state index is 0.00781. The van der Waals surface area contributed by atoms with Gasteiger partial charge in [0.2, 0.25) is 0 Å². The molecule has 0 atom stereocenters. The number of thiophene rings is 1. The van der Waals surface area contributed by atoms with Crippen molar-refractivity contribution >= 4 is 34.2 Å². The first kappa shape index (κ1) is 24.6. The first-order valence-corrected chi connectivity index (χ1v) is 12.6. The van der Waals surface area contributed by atoms with Crippen LogP contribution in [0.2, 0.25) is 0 Å². The van der Waals surface area contributed by atoms with Gasteiger partial charge in [-0.05, 0) is 61.4 Å². The zero-order chi connectivity index (χ0) is 26.1. The number of fused-ring (bicyclic) bond motifs is 1. The molecule has 37 heavy (non-hydrogen) atoms. The van der Waals surface area contributed by atoms with Crippen molar-refractivity contribution in [2.24, 2.45) is 0 Å². The molecule has 1 saturated carbocycles. The van der Waals surface area contributed by atoms with E-state index in [1.165, 1.54) is 35.1 Å². The van der Waals surface area contributed by atoms with Crippen molar-refractivity contribution in [3.05, 3.63) is 91.1 Å². The number of aromatic nitrogens is 3. The summed E-state index contributed by atoms with van der Waals surface area (Å²) in [5.74, 6) is -1.44. The highest BCUT2D eigenvalue weighted by Crippen LogP contribution is 2.28. The molecule has 0 radical (unpaired) electrons. The molecule has 1 aliphatic rings. The van der Waals surface area contributed by atoms with Gasteiger partial charge in [-0.1, -0.05) is 12.1 Å². The van der Waals surface area contributed by atoms with E-state index in [2.05, 4.69) is 10.3 Å². The summed E-state index contributed by atoms with van der Waals surface area (Å²) >= 11 is 1.36. The van der Waals surface area contributed by atoms with Crippen LogP contribution in [-0.2, 0) is 4.74 Å². The molecule has 0 unspecified atom stereocenters. The van der Waals surface area contributed by atoms with Crippen molar-refractivity contribution in [1.82, 2.24) is 19.4 Å².